The smallest absolute Gasteiger partial charge is 0.257 e. The first-order valence-corrected chi connectivity index (χ1v) is 5.35. The van der Waals surface area contributed by atoms with Crippen molar-refractivity contribution in [2.75, 3.05) is 0 Å². The van der Waals surface area contributed by atoms with Gasteiger partial charge in [-0.25, -0.2) is 13.1 Å². The molecule has 13 heavy (non-hydrogen) atoms. The van der Waals surface area contributed by atoms with Gasteiger partial charge in [-0.05, 0) is 12.5 Å². The van der Waals surface area contributed by atoms with Gasteiger partial charge in [0.15, 0.2) is 5.03 Å². The van der Waals surface area contributed by atoms with Gasteiger partial charge in [0.1, 0.15) is 0 Å². The van der Waals surface area contributed by atoms with Gasteiger partial charge in [-0.3, -0.25) is 5.10 Å². The Kier molecular flexibility index (Phi) is 1.86. The summed E-state index contributed by atoms with van der Waals surface area (Å²) in [6.07, 6.45) is 2.09. The number of aromatic nitrogens is 2. The minimum Gasteiger partial charge on any atom is -0.326 e. The van der Waals surface area contributed by atoms with Crippen LogP contribution in [-0.4, -0.2) is 30.7 Å². The second kappa shape index (κ2) is 2.79. The van der Waals surface area contributed by atoms with Crippen molar-refractivity contribution in [2.45, 2.75) is 23.5 Å². The van der Waals surface area contributed by atoms with Gasteiger partial charge in [0, 0.05) is 12.1 Å². The Balaban J connectivity index is 2.13. The highest BCUT2D eigenvalue weighted by Crippen LogP contribution is 2.20. The van der Waals surface area contributed by atoms with Crippen LogP contribution in [0.3, 0.4) is 0 Å². The van der Waals surface area contributed by atoms with Crippen molar-refractivity contribution >= 4 is 10.0 Å². The van der Waals surface area contributed by atoms with Gasteiger partial charge < -0.3 is 5.73 Å². The van der Waals surface area contributed by atoms with E-state index in [0.29, 0.717) is 6.42 Å². The van der Waals surface area contributed by atoms with E-state index in [1.54, 1.807) is 0 Å². The van der Waals surface area contributed by atoms with Gasteiger partial charge in [0.2, 0.25) is 0 Å². The fourth-order valence-corrected chi connectivity index (χ4v) is 2.22. The summed E-state index contributed by atoms with van der Waals surface area (Å²) < 4.78 is 25.4. The molecule has 0 aromatic carbocycles. The molecule has 1 saturated carbocycles. The lowest BCUT2D eigenvalue weighted by atomic mass is 10.7. The van der Waals surface area contributed by atoms with Crippen LogP contribution < -0.4 is 10.5 Å². The molecule has 0 aliphatic heterocycles. The fourth-order valence-electron chi connectivity index (χ4n) is 1.01. The van der Waals surface area contributed by atoms with Gasteiger partial charge in [0.05, 0.1) is 6.20 Å². The molecule has 1 heterocycles. The molecule has 1 aliphatic carbocycles. The van der Waals surface area contributed by atoms with E-state index >= 15 is 0 Å². The largest absolute Gasteiger partial charge is 0.326 e. The van der Waals surface area contributed by atoms with Gasteiger partial charge in [-0.2, -0.15) is 5.10 Å². The summed E-state index contributed by atoms with van der Waals surface area (Å²) in [5.41, 5.74) is 5.47. The molecule has 1 aromatic rings. The van der Waals surface area contributed by atoms with E-state index < -0.39 is 10.0 Å². The predicted molar refractivity (Wildman–Crippen MR) is 45.3 cm³/mol. The minimum absolute atomic E-state index is 0.0438. The summed E-state index contributed by atoms with van der Waals surface area (Å²) in [5.74, 6) is 0. The van der Waals surface area contributed by atoms with Crippen molar-refractivity contribution in [3.8, 4) is 0 Å². The van der Waals surface area contributed by atoms with Crippen LogP contribution in [0, 0.1) is 0 Å². The third kappa shape index (κ3) is 1.71. The zero-order valence-electron chi connectivity index (χ0n) is 6.77. The average molecular weight is 202 g/mol. The molecule has 2 atom stereocenters. The molecule has 72 valence electrons. The Morgan fingerprint density at radius 3 is 2.85 bits per heavy atom. The van der Waals surface area contributed by atoms with Crippen molar-refractivity contribution in [3.05, 3.63) is 12.3 Å². The van der Waals surface area contributed by atoms with Crippen LogP contribution in [0.2, 0.25) is 0 Å². The molecule has 2 rings (SSSR count). The molecule has 0 spiro atoms. The molecule has 0 saturated heterocycles. The molecule has 0 bridgehead atoms. The number of aromatic amines is 1. The van der Waals surface area contributed by atoms with Crippen LogP contribution in [0.5, 0.6) is 0 Å². The summed E-state index contributed by atoms with van der Waals surface area (Å²) in [6, 6.07) is 1.24. The number of rotatable bonds is 3. The molecule has 0 radical (unpaired) electrons. The number of nitrogens with zero attached hydrogens (tertiary/aromatic N) is 1. The first-order valence-electron chi connectivity index (χ1n) is 3.87. The molecule has 6 nitrogen and oxygen atoms in total. The number of hydrogen-bond donors (Lipinski definition) is 3. The quantitative estimate of drug-likeness (QED) is 0.572. The summed E-state index contributed by atoms with van der Waals surface area (Å²) >= 11 is 0. The van der Waals surface area contributed by atoms with E-state index in [1.165, 1.54) is 12.3 Å². The maximum absolute atomic E-state index is 11.5. The zero-order chi connectivity index (χ0) is 9.47. The van der Waals surface area contributed by atoms with Gasteiger partial charge in [0.25, 0.3) is 10.0 Å². The second-order valence-corrected chi connectivity index (χ2v) is 4.73. The van der Waals surface area contributed by atoms with Gasteiger partial charge in [-0.15, -0.1) is 0 Å². The monoisotopic (exact) mass is 202 g/mol. The Bertz CT molecular complexity index is 385. The standard InChI is InChI=1S/C6H10N4O2S/c7-4-3-5(4)10-13(11,12)6-1-2-8-9-6/h1-2,4-5,10H,3,7H2,(H,8,9). The maximum atomic E-state index is 11.5. The van der Waals surface area contributed by atoms with E-state index in [9.17, 15) is 8.42 Å². The van der Waals surface area contributed by atoms with Crippen LogP contribution in [0.4, 0.5) is 0 Å². The first kappa shape index (κ1) is 8.67. The molecule has 1 aliphatic rings. The SMILES string of the molecule is NC1CC1NS(=O)(=O)c1ccn[nH]1. The second-order valence-electron chi connectivity index (χ2n) is 3.05. The molecule has 4 N–H and O–H groups in total. The fraction of sp³-hybridized carbons (Fsp3) is 0.500. The highest BCUT2D eigenvalue weighted by atomic mass is 32.2. The van der Waals surface area contributed by atoms with Crippen molar-refractivity contribution < 1.29 is 8.42 Å². The van der Waals surface area contributed by atoms with Crippen LogP contribution in [0.25, 0.3) is 0 Å². The predicted octanol–water partition coefficient (Wildman–Crippen LogP) is -1.21. The van der Waals surface area contributed by atoms with E-state index in [1.807, 2.05) is 0 Å². The minimum atomic E-state index is -3.43. The van der Waals surface area contributed by atoms with Crippen LogP contribution in [0.15, 0.2) is 17.3 Å². The normalized spacial score (nSPS) is 27.5. The van der Waals surface area contributed by atoms with Crippen molar-refractivity contribution in [3.63, 3.8) is 0 Å². The molecular formula is C6H10N4O2S. The number of nitrogens with one attached hydrogen (secondary N) is 2. The summed E-state index contributed by atoms with van der Waals surface area (Å²) in [6.45, 7) is 0. The van der Waals surface area contributed by atoms with E-state index in [2.05, 4.69) is 14.9 Å². The van der Waals surface area contributed by atoms with Crippen molar-refractivity contribution in [1.82, 2.24) is 14.9 Å². The van der Waals surface area contributed by atoms with Crippen molar-refractivity contribution in [1.29, 1.82) is 0 Å². The molecule has 2 unspecified atom stereocenters. The Morgan fingerprint density at radius 2 is 2.38 bits per heavy atom. The van der Waals surface area contributed by atoms with Crippen LogP contribution in [-0.2, 0) is 10.0 Å². The Labute approximate surface area is 75.6 Å². The lowest BCUT2D eigenvalue weighted by molar-refractivity contribution is 0.575. The molecule has 1 aromatic heterocycles. The Morgan fingerprint density at radius 1 is 1.69 bits per heavy atom. The molecular weight excluding hydrogens is 192 g/mol. The molecule has 1 fully saturated rings. The topological polar surface area (TPSA) is 101 Å². The van der Waals surface area contributed by atoms with Crippen LogP contribution >= 0.6 is 0 Å². The van der Waals surface area contributed by atoms with E-state index in [0.717, 1.165) is 0 Å². The Hall–Kier alpha value is -0.920. The summed E-state index contributed by atoms with van der Waals surface area (Å²) in [4.78, 5) is 0. The van der Waals surface area contributed by atoms with E-state index in [-0.39, 0.29) is 17.1 Å². The van der Waals surface area contributed by atoms with Gasteiger partial charge in [-0.1, -0.05) is 0 Å². The third-order valence-corrected chi connectivity index (χ3v) is 3.33. The first-order chi connectivity index (χ1) is 6.09. The highest BCUT2D eigenvalue weighted by molar-refractivity contribution is 7.89. The highest BCUT2D eigenvalue weighted by Gasteiger charge is 2.37. The lowest BCUT2D eigenvalue weighted by Gasteiger charge is -2.01. The zero-order valence-corrected chi connectivity index (χ0v) is 7.58. The third-order valence-electron chi connectivity index (χ3n) is 1.91. The number of H-pyrrole nitrogens is 1. The summed E-state index contributed by atoms with van der Waals surface area (Å²) in [7, 11) is -3.43. The van der Waals surface area contributed by atoms with Crippen LogP contribution in [0.1, 0.15) is 6.42 Å². The van der Waals surface area contributed by atoms with Gasteiger partial charge >= 0.3 is 0 Å². The maximum Gasteiger partial charge on any atom is 0.257 e. The molecule has 0 amide bonds. The van der Waals surface area contributed by atoms with E-state index in [4.69, 9.17) is 5.73 Å². The number of nitrogens with two attached hydrogens (primary N) is 1. The summed E-state index contributed by atoms with van der Waals surface area (Å²) in [5, 5.41) is 6.02. The number of sulfonamides is 1. The number of hydrogen-bond acceptors (Lipinski definition) is 4. The van der Waals surface area contributed by atoms with Crippen molar-refractivity contribution in [2.24, 2.45) is 5.73 Å². The average Bonchev–Trinajstić information content (AvgIpc) is 2.56. The molecule has 7 heteroatoms. The lowest BCUT2D eigenvalue weighted by Crippen LogP contribution is -2.30.